The summed E-state index contributed by atoms with van der Waals surface area (Å²) in [6, 6.07) is 5.66. The number of amides is 1. The lowest BCUT2D eigenvalue weighted by Gasteiger charge is -2.16. The minimum Gasteiger partial charge on any atom is -0.496 e. The van der Waals surface area contributed by atoms with E-state index in [1.54, 1.807) is 14.2 Å². The lowest BCUT2D eigenvalue weighted by molar-refractivity contribution is -0.145. The Bertz CT molecular complexity index is 471. The summed E-state index contributed by atoms with van der Waals surface area (Å²) in [6.45, 7) is 1.90. The van der Waals surface area contributed by atoms with Crippen LogP contribution in [0.15, 0.2) is 18.2 Å². The molecule has 0 bridgehead atoms. The molecule has 0 spiro atoms. The molecule has 104 valence electrons. The highest BCUT2D eigenvalue weighted by Crippen LogP contribution is 2.20. The quantitative estimate of drug-likeness (QED) is 0.750. The van der Waals surface area contributed by atoms with E-state index in [0.717, 1.165) is 11.1 Å². The monoisotopic (exact) mass is 265 g/mol. The summed E-state index contributed by atoms with van der Waals surface area (Å²) in [7, 11) is 4.43. The lowest BCUT2D eigenvalue weighted by atomic mass is 10.1. The van der Waals surface area contributed by atoms with Crippen LogP contribution in [0.3, 0.4) is 0 Å². The van der Waals surface area contributed by atoms with E-state index in [1.807, 2.05) is 25.1 Å². The van der Waals surface area contributed by atoms with Crippen LogP contribution in [-0.4, -0.2) is 44.6 Å². The molecule has 0 saturated heterocycles. The fraction of sp³-hybridized carbons (Fsp3) is 0.429. The smallest absolute Gasteiger partial charge is 0.325 e. The molecule has 1 rings (SSSR count). The average Bonchev–Trinajstić information content (AvgIpc) is 2.38. The Kier molecular flexibility index (Phi) is 5.36. The van der Waals surface area contributed by atoms with Crippen LogP contribution in [0.2, 0.25) is 0 Å². The SMILES string of the molecule is COC(=O)CN(C)C(=O)Cc1cc(C)ccc1OC. The zero-order valence-corrected chi connectivity index (χ0v) is 11.7. The second-order valence-corrected chi connectivity index (χ2v) is 4.32. The summed E-state index contributed by atoms with van der Waals surface area (Å²) in [5, 5.41) is 0. The van der Waals surface area contributed by atoms with Gasteiger partial charge in [0.2, 0.25) is 5.91 Å². The van der Waals surface area contributed by atoms with Crippen LogP contribution in [0.25, 0.3) is 0 Å². The highest BCUT2D eigenvalue weighted by molar-refractivity contribution is 5.83. The highest BCUT2D eigenvalue weighted by Gasteiger charge is 2.15. The van der Waals surface area contributed by atoms with Gasteiger partial charge < -0.3 is 14.4 Å². The van der Waals surface area contributed by atoms with Gasteiger partial charge >= 0.3 is 5.97 Å². The molecule has 5 nitrogen and oxygen atoms in total. The molecule has 0 fully saturated rings. The van der Waals surface area contributed by atoms with Gasteiger partial charge in [0.15, 0.2) is 0 Å². The molecule has 0 aliphatic heterocycles. The topological polar surface area (TPSA) is 55.8 Å². The van der Waals surface area contributed by atoms with E-state index in [2.05, 4.69) is 4.74 Å². The fourth-order valence-corrected chi connectivity index (χ4v) is 1.69. The molecule has 0 aliphatic rings. The Morgan fingerprint density at radius 2 is 1.95 bits per heavy atom. The van der Waals surface area contributed by atoms with Crippen molar-refractivity contribution in [3.8, 4) is 5.75 Å². The van der Waals surface area contributed by atoms with Crippen molar-refractivity contribution in [2.75, 3.05) is 27.8 Å². The molecule has 0 aromatic heterocycles. The standard InChI is InChI=1S/C14H19NO4/c1-10-5-6-12(18-3)11(7-10)8-13(16)15(2)9-14(17)19-4/h5-7H,8-9H2,1-4H3. The first kappa shape index (κ1) is 15.0. The largest absolute Gasteiger partial charge is 0.496 e. The minimum atomic E-state index is -0.438. The van der Waals surface area contributed by atoms with E-state index in [-0.39, 0.29) is 18.9 Å². The van der Waals surface area contributed by atoms with Gasteiger partial charge in [-0.1, -0.05) is 17.7 Å². The number of likely N-dealkylation sites (N-methyl/N-ethyl adjacent to an activating group) is 1. The van der Waals surface area contributed by atoms with Gasteiger partial charge in [-0.15, -0.1) is 0 Å². The zero-order valence-electron chi connectivity index (χ0n) is 11.7. The van der Waals surface area contributed by atoms with E-state index >= 15 is 0 Å². The van der Waals surface area contributed by atoms with Gasteiger partial charge in [-0.25, -0.2) is 0 Å². The first-order valence-electron chi connectivity index (χ1n) is 5.92. The second-order valence-electron chi connectivity index (χ2n) is 4.32. The molecule has 1 aromatic rings. The molecule has 0 heterocycles. The fourth-order valence-electron chi connectivity index (χ4n) is 1.69. The van der Waals surface area contributed by atoms with Crippen molar-refractivity contribution in [1.29, 1.82) is 0 Å². The number of carbonyl (C=O) groups excluding carboxylic acids is 2. The minimum absolute atomic E-state index is 0.0521. The Hall–Kier alpha value is -2.04. The van der Waals surface area contributed by atoms with Crippen LogP contribution in [0.5, 0.6) is 5.75 Å². The van der Waals surface area contributed by atoms with Crippen molar-refractivity contribution < 1.29 is 19.1 Å². The van der Waals surface area contributed by atoms with Crippen molar-refractivity contribution in [2.24, 2.45) is 0 Å². The van der Waals surface area contributed by atoms with E-state index in [0.29, 0.717) is 5.75 Å². The van der Waals surface area contributed by atoms with Gasteiger partial charge in [-0.3, -0.25) is 9.59 Å². The average molecular weight is 265 g/mol. The third-order valence-electron chi connectivity index (χ3n) is 2.80. The van der Waals surface area contributed by atoms with Gasteiger partial charge in [-0.2, -0.15) is 0 Å². The number of aryl methyl sites for hydroxylation is 1. The maximum atomic E-state index is 12.0. The van der Waals surface area contributed by atoms with Gasteiger partial charge in [0.05, 0.1) is 20.6 Å². The van der Waals surface area contributed by atoms with Crippen LogP contribution in [-0.2, 0) is 20.7 Å². The Morgan fingerprint density at radius 3 is 2.53 bits per heavy atom. The van der Waals surface area contributed by atoms with Crippen LogP contribution in [0, 0.1) is 6.92 Å². The predicted octanol–water partition coefficient (Wildman–Crippen LogP) is 1.18. The number of hydrogen-bond acceptors (Lipinski definition) is 4. The first-order chi connectivity index (χ1) is 8.97. The molecule has 5 heteroatoms. The highest BCUT2D eigenvalue weighted by atomic mass is 16.5. The maximum absolute atomic E-state index is 12.0. The molecule has 0 aliphatic carbocycles. The van der Waals surface area contributed by atoms with Crippen LogP contribution in [0.1, 0.15) is 11.1 Å². The van der Waals surface area contributed by atoms with Crippen LogP contribution >= 0.6 is 0 Å². The van der Waals surface area contributed by atoms with Crippen molar-refractivity contribution in [2.45, 2.75) is 13.3 Å². The Morgan fingerprint density at radius 1 is 1.26 bits per heavy atom. The molecule has 19 heavy (non-hydrogen) atoms. The number of nitrogens with zero attached hydrogens (tertiary/aromatic N) is 1. The van der Waals surface area contributed by atoms with Crippen LogP contribution in [0.4, 0.5) is 0 Å². The maximum Gasteiger partial charge on any atom is 0.325 e. The molecule has 0 saturated carbocycles. The number of carbonyl (C=O) groups is 2. The van der Waals surface area contributed by atoms with Crippen LogP contribution < -0.4 is 4.74 Å². The third kappa shape index (κ3) is 4.28. The number of hydrogen-bond donors (Lipinski definition) is 0. The number of ether oxygens (including phenoxy) is 2. The predicted molar refractivity (Wildman–Crippen MR) is 71.1 cm³/mol. The summed E-state index contributed by atoms with van der Waals surface area (Å²) in [6.07, 6.45) is 0.193. The van der Waals surface area contributed by atoms with Gasteiger partial charge in [0, 0.05) is 12.6 Å². The van der Waals surface area contributed by atoms with Crippen molar-refractivity contribution >= 4 is 11.9 Å². The third-order valence-corrected chi connectivity index (χ3v) is 2.80. The summed E-state index contributed by atoms with van der Waals surface area (Å²) >= 11 is 0. The summed E-state index contributed by atoms with van der Waals surface area (Å²) < 4.78 is 9.75. The van der Waals surface area contributed by atoms with Gasteiger partial charge in [0.25, 0.3) is 0 Å². The summed E-state index contributed by atoms with van der Waals surface area (Å²) in [5.41, 5.74) is 1.86. The molecule has 0 N–H and O–H groups in total. The lowest BCUT2D eigenvalue weighted by Crippen LogP contribution is -2.33. The Balaban J connectivity index is 2.76. The number of methoxy groups -OCH3 is 2. The number of rotatable bonds is 5. The van der Waals surface area contributed by atoms with Crippen molar-refractivity contribution in [3.63, 3.8) is 0 Å². The normalized spacial score (nSPS) is 9.89. The molecule has 0 unspecified atom stereocenters. The molecular formula is C14H19NO4. The summed E-state index contributed by atoms with van der Waals surface area (Å²) in [5.74, 6) is 0.0757. The molecule has 0 radical (unpaired) electrons. The number of benzene rings is 1. The molecule has 0 atom stereocenters. The van der Waals surface area contributed by atoms with E-state index in [9.17, 15) is 9.59 Å². The van der Waals surface area contributed by atoms with Crippen molar-refractivity contribution in [1.82, 2.24) is 4.90 Å². The molecular weight excluding hydrogens is 246 g/mol. The second kappa shape index (κ2) is 6.78. The van der Waals surface area contributed by atoms with Gasteiger partial charge in [0.1, 0.15) is 12.3 Å². The van der Waals surface area contributed by atoms with Gasteiger partial charge in [-0.05, 0) is 13.0 Å². The zero-order chi connectivity index (χ0) is 14.4. The molecule has 1 amide bonds. The first-order valence-corrected chi connectivity index (χ1v) is 5.92. The van der Waals surface area contributed by atoms with E-state index < -0.39 is 5.97 Å². The Labute approximate surface area is 113 Å². The van der Waals surface area contributed by atoms with Crippen molar-refractivity contribution in [3.05, 3.63) is 29.3 Å². The van der Waals surface area contributed by atoms with E-state index in [1.165, 1.54) is 12.0 Å². The molecule has 1 aromatic carbocycles. The summed E-state index contributed by atoms with van der Waals surface area (Å²) in [4.78, 5) is 24.5. The number of esters is 1. The van der Waals surface area contributed by atoms with E-state index in [4.69, 9.17) is 4.74 Å².